The van der Waals surface area contributed by atoms with Crippen molar-refractivity contribution >= 4 is 15.9 Å². The summed E-state index contributed by atoms with van der Waals surface area (Å²) in [5.41, 5.74) is 8.27. The van der Waals surface area contributed by atoms with Crippen molar-refractivity contribution in [3.63, 3.8) is 0 Å². The highest BCUT2D eigenvalue weighted by atomic mass is 79.9. The number of halogens is 1. The molecule has 0 bridgehead atoms. The van der Waals surface area contributed by atoms with Crippen LogP contribution in [0.2, 0.25) is 0 Å². The highest BCUT2D eigenvalue weighted by molar-refractivity contribution is 9.10. The van der Waals surface area contributed by atoms with Crippen molar-refractivity contribution < 1.29 is 0 Å². The second-order valence-electron chi connectivity index (χ2n) is 3.92. The van der Waals surface area contributed by atoms with E-state index in [9.17, 15) is 0 Å². The number of rotatable bonds is 2. The SMILES string of the molecule is CCc1cc(Br)cc(C(C)(C)N)c1. The van der Waals surface area contributed by atoms with Crippen molar-refractivity contribution in [1.29, 1.82) is 0 Å². The van der Waals surface area contributed by atoms with Crippen molar-refractivity contribution in [2.24, 2.45) is 5.73 Å². The van der Waals surface area contributed by atoms with Gasteiger partial charge in [0, 0.05) is 10.0 Å². The normalized spacial score (nSPS) is 11.8. The van der Waals surface area contributed by atoms with Crippen LogP contribution in [-0.2, 0) is 12.0 Å². The van der Waals surface area contributed by atoms with Gasteiger partial charge >= 0.3 is 0 Å². The number of nitrogens with two attached hydrogens (primary N) is 1. The molecule has 1 nitrogen and oxygen atoms in total. The average molecular weight is 242 g/mol. The van der Waals surface area contributed by atoms with Crippen LogP contribution in [0.15, 0.2) is 22.7 Å². The lowest BCUT2D eigenvalue weighted by Crippen LogP contribution is -2.28. The highest BCUT2D eigenvalue weighted by Gasteiger charge is 2.14. The predicted molar refractivity (Wildman–Crippen MR) is 60.7 cm³/mol. The first-order valence-electron chi connectivity index (χ1n) is 4.52. The Morgan fingerprint density at radius 3 is 2.38 bits per heavy atom. The summed E-state index contributed by atoms with van der Waals surface area (Å²) in [6.45, 7) is 6.19. The number of benzene rings is 1. The van der Waals surface area contributed by atoms with Gasteiger partial charge in [-0.2, -0.15) is 0 Å². The summed E-state index contributed by atoms with van der Waals surface area (Å²) in [7, 11) is 0. The van der Waals surface area contributed by atoms with Crippen LogP contribution < -0.4 is 5.73 Å². The van der Waals surface area contributed by atoms with Gasteiger partial charge in [-0.1, -0.05) is 28.9 Å². The Hall–Kier alpha value is -0.340. The molecule has 0 spiro atoms. The Morgan fingerprint density at radius 1 is 1.31 bits per heavy atom. The van der Waals surface area contributed by atoms with Gasteiger partial charge in [0.1, 0.15) is 0 Å². The van der Waals surface area contributed by atoms with Crippen LogP contribution in [0.5, 0.6) is 0 Å². The van der Waals surface area contributed by atoms with E-state index in [1.807, 2.05) is 13.8 Å². The summed E-state index contributed by atoms with van der Waals surface area (Å²) >= 11 is 3.49. The fourth-order valence-corrected chi connectivity index (χ4v) is 1.77. The summed E-state index contributed by atoms with van der Waals surface area (Å²) in [5, 5.41) is 0. The van der Waals surface area contributed by atoms with Crippen LogP contribution in [0.25, 0.3) is 0 Å². The van der Waals surface area contributed by atoms with Gasteiger partial charge in [-0.25, -0.2) is 0 Å². The molecule has 0 radical (unpaired) electrons. The molecule has 0 saturated carbocycles. The lowest BCUT2D eigenvalue weighted by molar-refractivity contribution is 0.553. The summed E-state index contributed by atoms with van der Waals surface area (Å²) in [6.07, 6.45) is 1.04. The molecule has 0 atom stereocenters. The van der Waals surface area contributed by atoms with E-state index in [2.05, 4.69) is 41.1 Å². The van der Waals surface area contributed by atoms with Crippen LogP contribution in [0.1, 0.15) is 31.9 Å². The fraction of sp³-hybridized carbons (Fsp3) is 0.455. The fourth-order valence-electron chi connectivity index (χ4n) is 1.23. The largest absolute Gasteiger partial charge is 0.322 e. The first kappa shape index (κ1) is 10.7. The van der Waals surface area contributed by atoms with E-state index >= 15 is 0 Å². The van der Waals surface area contributed by atoms with Crippen LogP contribution >= 0.6 is 15.9 Å². The molecule has 72 valence electrons. The maximum absolute atomic E-state index is 6.03. The molecule has 1 aromatic rings. The number of aryl methyl sites for hydroxylation is 1. The molecule has 2 heteroatoms. The minimum absolute atomic E-state index is 0.256. The molecular weight excluding hydrogens is 226 g/mol. The summed E-state index contributed by atoms with van der Waals surface area (Å²) in [6, 6.07) is 6.39. The van der Waals surface area contributed by atoms with E-state index in [4.69, 9.17) is 5.73 Å². The van der Waals surface area contributed by atoms with Crippen LogP contribution in [0.3, 0.4) is 0 Å². The van der Waals surface area contributed by atoms with Gasteiger partial charge in [-0.15, -0.1) is 0 Å². The van der Waals surface area contributed by atoms with Crippen molar-refractivity contribution in [2.45, 2.75) is 32.7 Å². The van der Waals surface area contributed by atoms with Gasteiger partial charge < -0.3 is 5.73 Å². The Morgan fingerprint density at radius 2 is 1.92 bits per heavy atom. The van der Waals surface area contributed by atoms with E-state index in [0.717, 1.165) is 10.9 Å². The summed E-state index contributed by atoms with van der Waals surface area (Å²) in [4.78, 5) is 0. The van der Waals surface area contributed by atoms with Crippen molar-refractivity contribution in [2.75, 3.05) is 0 Å². The van der Waals surface area contributed by atoms with Gasteiger partial charge in [-0.3, -0.25) is 0 Å². The molecule has 0 aliphatic heterocycles. The third-order valence-corrected chi connectivity index (χ3v) is 2.57. The second kappa shape index (κ2) is 3.81. The standard InChI is InChI=1S/C11H16BrN/c1-4-8-5-9(11(2,3)13)7-10(12)6-8/h5-7H,4,13H2,1-3H3. The van der Waals surface area contributed by atoms with Gasteiger partial charge in [0.15, 0.2) is 0 Å². The van der Waals surface area contributed by atoms with Crippen LogP contribution in [0.4, 0.5) is 0 Å². The monoisotopic (exact) mass is 241 g/mol. The summed E-state index contributed by atoms with van der Waals surface area (Å²) in [5.74, 6) is 0. The minimum Gasteiger partial charge on any atom is -0.322 e. The average Bonchev–Trinajstić information content (AvgIpc) is 2.01. The van der Waals surface area contributed by atoms with E-state index in [-0.39, 0.29) is 5.54 Å². The molecule has 1 rings (SSSR count). The molecule has 0 fully saturated rings. The quantitative estimate of drug-likeness (QED) is 0.846. The topological polar surface area (TPSA) is 26.0 Å². The number of hydrogen-bond donors (Lipinski definition) is 1. The molecule has 2 N–H and O–H groups in total. The molecular formula is C11H16BrN. The Balaban J connectivity index is 3.16. The first-order chi connectivity index (χ1) is 5.93. The molecule has 0 saturated heterocycles. The second-order valence-corrected chi connectivity index (χ2v) is 4.84. The number of hydrogen-bond acceptors (Lipinski definition) is 1. The van der Waals surface area contributed by atoms with Crippen molar-refractivity contribution in [3.8, 4) is 0 Å². The molecule has 1 aromatic carbocycles. The molecule has 0 aliphatic carbocycles. The molecule has 0 amide bonds. The lowest BCUT2D eigenvalue weighted by atomic mass is 9.94. The zero-order valence-corrected chi connectivity index (χ0v) is 9.98. The Kier molecular flexibility index (Phi) is 3.14. The van der Waals surface area contributed by atoms with Crippen LogP contribution in [0, 0.1) is 0 Å². The Bertz CT molecular complexity index is 299. The maximum atomic E-state index is 6.03. The molecule has 0 aliphatic rings. The van der Waals surface area contributed by atoms with E-state index in [0.29, 0.717) is 0 Å². The third-order valence-electron chi connectivity index (χ3n) is 2.11. The van der Waals surface area contributed by atoms with Gasteiger partial charge in [0.25, 0.3) is 0 Å². The predicted octanol–water partition coefficient (Wildman–Crippen LogP) is 3.21. The Labute approximate surface area is 88.5 Å². The lowest BCUT2D eigenvalue weighted by Gasteiger charge is -2.20. The van der Waals surface area contributed by atoms with Gasteiger partial charge in [0.2, 0.25) is 0 Å². The minimum atomic E-state index is -0.256. The highest BCUT2D eigenvalue weighted by Crippen LogP contribution is 2.23. The third kappa shape index (κ3) is 2.82. The maximum Gasteiger partial charge on any atom is 0.0352 e. The first-order valence-corrected chi connectivity index (χ1v) is 5.31. The van der Waals surface area contributed by atoms with Crippen molar-refractivity contribution in [1.82, 2.24) is 0 Å². The van der Waals surface area contributed by atoms with E-state index < -0.39 is 0 Å². The van der Waals surface area contributed by atoms with Gasteiger partial charge in [0.05, 0.1) is 0 Å². The van der Waals surface area contributed by atoms with Gasteiger partial charge in [-0.05, 0) is 43.5 Å². The van der Waals surface area contributed by atoms with Crippen LogP contribution in [-0.4, -0.2) is 0 Å². The zero-order chi connectivity index (χ0) is 10.1. The zero-order valence-electron chi connectivity index (χ0n) is 8.39. The molecule has 13 heavy (non-hydrogen) atoms. The molecule has 0 unspecified atom stereocenters. The smallest absolute Gasteiger partial charge is 0.0352 e. The molecule has 0 heterocycles. The van der Waals surface area contributed by atoms with E-state index in [1.54, 1.807) is 0 Å². The van der Waals surface area contributed by atoms with E-state index in [1.165, 1.54) is 11.1 Å². The van der Waals surface area contributed by atoms with Crippen molar-refractivity contribution in [3.05, 3.63) is 33.8 Å². The summed E-state index contributed by atoms with van der Waals surface area (Å²) < 4.78 is 1.11. The molecule has 0 aromatic heterocycles.